The first-order chi connectivity index (χ1) is 13.0. The minimum absolute atomic E-state index is 0.00597. The van der Waals surface area contributed by atoms with Gasteiger partial charge in [0.2, 0.25) is 5.91 Å². The summed E-state index contributed by atoms with van der Waals surface area (Å²) in [6.07, 6.45) is 2.33. The molecule has 28 heavy (non-hydrogen) atoms. The van der Waals surface area contributed by atoms with Gasteiger partial charge in [-0.2, -0.15) is 0 Å². The molecule has 0 unspecified atom stereocenters. The second kappa shape index (κ2) is 7.35. The van der Waals surface area contributed by atoms with Gasteiger partial charge in [-0.25, -0.2) is 4.98 Å². The number of rotatable bonds is 3. The standard InChI is InChI=1S/C21H30N4O2S/c1-20(2,3)12-15(26)25-10-8-21(4,9-11-25)14-7-6-13-16(22)17(18(27)23-5)28-19(13)24-14/h6-7H,8-12,22H2,1-5H3,(H,23,27). The van der Waals surface area contributed by atoms with Gasteiger partial charge in [0.15, 0.2) is 0 Å². The highest BCUT2D eigenvalue weighted by atomic mass is 32.1. The van der Waals surface area contributed by atoms with Gasteiger partial charge in [0, 0.05) is 43.1 Å². The number of amides is 2. The van der Waals surface area contributed by atoms with Gasteiger partial charge in [-0.05, 0) is 30.4 Å². The number of likely N-dealkylation sites (tertiary alicyclic amines) is 1. The van der Waals surface area contributed by atoms with E-state index in [1.807, 2.05) is 17.0 Å². The number of carbonyl (C=O) groups is 2. The van der Waals surface area contributed by atoms with Gasteiger partial charge in [0.25, 0.3) is 5.91 Å². The van der Waals surface area contributed by atoms with Crippen molar-refractivity contribution in [3.63, 3.8) is 0 Å². The molecule has 0 bridgehead atoms. The molecule has 152 valence electrons. The highest BCUT2D eigenvalue weighted by Gasteiger charge is 2.35. The van der Waals surface area contributed by atoms with E-state index in [4.69, 9.17) is 10.7 Å². The molecule has 0 radical (unpaired) electrons. The van der Waals surface area contributed by atoms with E-state index in [1.165, 1.54) is 11.3 Å². The quantitative estimate of drug-likeness (QED) is 0.822. The Morgan fingerprint density at radius 2 is 1.93 bits per heavy atom. The van der Waals surface area contributed by atoms with E-state index >= 15 is 0 Å². The van der Waals surface area contributed by atoms with Crippen LogP contribution < -0.4 is 11.1 Å². The summed E-state index contributed by atoms with van der Waals surface area (Å²) in [5, 5.41) is 3.45. The summed E-state index contributed by atoms with van der Waals surface area (Å²) in [5.74, 6) is 0.0538. The van der Waals surface area contributed by atoms with Crippen molar-refractivity contribution in [2.24, 2.45) is 5.41 Å². The monoisotopic (exact) mass is 402 g/mol. The molecule has 0 aromatic carbocycles. The number of thiophene rings is 1. The Kier molecular flexibility index (Phi) is 5.40. The van der Waals surface area contributed by atoms with Gasteiger partial charge in [0.05, 0.1) is 5.69 Å². The van der Waals surface area contributed by atoms with Crippen molar-refractivity contribution in [2.45, 2.75) is 52.4 Å². The lowest BCUT2D eigenvalue weighted by Crippen LogP contribution is -2.45. The molecule has 0 atom stereocenters. The Hall–Kier alpha value is -2.15. The molecule has 6 nitrogen and oxygen atoms in total. The smallest absolute Gasteiger partial charge is 0.263 e. The molecule has 2 aromatic heterocycles. The SMILES string of the molecule is CNC(=O)c1sc2nc(C3(C)CCN(C(=O)CC(C)(C)C)CC3)ccc2c1N. The fourth-order valence-electron chi connectivity index (χ4n) is 3.69. The fourth-order valence-corrected chi connectivity index (χ4v) is 4.73. The number of nitrogens with zero attached hydrogens (tertiary/aromatic N) is 2. The van der Waals surface area contributed by atoms with Crippen LogP contribution in [0.5, 0.6) is 0 Å². The van der Waals surface area contributed by atoms with E-state index in [-0.39, 0.29) is 22.6 Å². The Balaban J connectivity index is 1.79. The van der Waals surface area contributed by atoms with Crippen molar-refractivity contribution in [2.75, 3.05) is 25.9 Å². The van der Waals surface area contributed by atoms with Gasteiger partial charge < -0.3 is 16.0 Å². The van der Waals surface area contributed by atoms with Gasteiger partial charge in [-0.15, -0.1) is 11.3 Å². The summed E-state index contributed by atoms with van der Waals surface area (Å²) in [6, 6.07) is 3.99. The number of fused-ring (bicyclic) bond motifs is 1. The molecule has 0 spiro atoms. The number of hydrogen-bond acceptors (Lipinski definition) is 5. The molecule has 1 fully saturated rings. The second-order valence-electron chi connectivity index (χ2n) is 9.15. The maximum atomic E-state index is 12.5. The van der Waals surface area contributed by atoms with Crippen LogP contribution in [0, 0.1) is 5.41 Å². The maximum absolute atomic E-state index is 12.5. The first kappa shape index (κ1) is 20.6. The third-order valence-corrected chi connectivity index (χ3v) is 6.66. The number of aromatic nitrogens is 1. The number of nitrogens with two attached hydrogens (primary N) is 1. The first-order valence-corrected chi connectivity index (χ1v) is 10.5. The summed E-state index contributed by atoms with van der Waals surface area (Å²) >= 11 is 1.33. The van der Waals surface area contributed by atoms with Crippen LogP contribution in [0.3, 0.4) is 0 Å². The average molecular weight is 403 g/mol. The number of piperidine rings is 1. The van der Waals surface area contributed by atoms with E-state index in [2.05, 4.69) is 33.0 Å². The summed E-state index contributed by atoms with van der Waals surface area (Å²) in [5.41, 5.74) is 7.56. The van der Waals surface area contributed by atoms with E-state index < -0.39 is 0 Å². The van der Waals surface area contributed by atoms with Crippen LogP contribution in [0.2, 0.25) is 0 Å². The Bertz CT molecular complexity index is 905. The topological polar surface area (TPSA) is 88.3 Å². The molecule has 0 saturated carbocycles. The lowest BCUT2D eigenvalue weighted by molar-refractivity contribution is -0.134. The molecule has 3 heterocycles. The molecular formula is C21H30N4O2S. The molecule has 3 rings (SSSR count). The zero-order chi connectivity index (χ0) is 20.7. The van der Waals surface area contributed by atoms with Crippen LogP contribution >= 0.6 is 11.3 Å². The summed E-state index contributed by atoms with van der Waals surface area (Å²) in [4.78, 5) is 32.7. The Morgan fingerprint density at radius 3 is 2.50 bits per heavy atom. The Morgan fingerprint density at radius 1 is 1.29 bits per heavy atom. The number of nitrogen functional groups attached to an aromatic ring is 1. The number of pyridine rings is 1. The minimum atomic E-state index is -0.182. The van der Waals surface area contributed by atoms with Gasteiger partial charge >= 0.3 is 0 Å². The van der Waals surface area contributed by atoms with Crippen molar-refractivity contribution in [1.82, 2.24) is 15.2 Å². The van der Waals surface area contributed by atoms with Gasteiger partial charge in [-0.1, -0.05) is 27.7 Å². The highest BCUT2D eigenvalue weighted by Crippen LogP contribution is 2.38. The van der Waals surface area contributed by atoms with E-state index in [0.29, 0.717) is 17.0 Å². The van der Waals surface area contributed by atoms with Crippen molar-refractivity contribution < 1.29 is 9.59 Å². The zero-order valence-electron chi connectivity index (χ0n) is 17.4. The predicted molar refractivity (Wildman–Crippen MR) is 115 cm³/mol. The Labute approximate surface area is 170 Å². The van der Waals surface area contributed by atoms with Crippen LogP contribution in [0.1, 0.15) is 62.3 Å². The third kappa shape index (κ3) is 3.99. The lowest BCUT2D eigenvalue weighted by Gasteiger charge is -2.39. The third-order valence-electron chi connectivity index (χ3n) is 5.55. The summed E-state index contributed by atoms with van der Waals surface area (Å²) < 4.78 is 0. The van der Waals surface area contributed by atoms with Crippen LogP contribution in [-0.4, -0.2) is 41.8 Å². The molecule has 3 N–H and O–H groups in total. The highest BCUT2D eigenvalue weighted by molar-refractivity contribution is 7.21. The van der Waals surface area contributed by atoms with E-state index in [0.717, 1.165) is 41.8 Å². The van der Waals surface area contributed by atoms with Gasteiger partial charge in [-0.3, -0.25) is 9.59 Å². The van der Waals surface area contributed by atoms with Crippen LogP contribution in [-0.2, 0) is 10.2 Å². The van der Waals surface area contributed by atoms with Crippen molar-refractivity contribution >= 4 is 39.1 Å². The van der Waals surface area contributed by atoms with Gasteiger partial charge in [0.1, 0.15) is 9.71 Å². The fraction of sp³-hybridized carbons (Fsp3) is 0.571. The predicted octanol–water partition coefficient (Wildman–Crippen LogP) is 3.55. The molecule has 2 amide bonds. The number of hydrogen-bond donors (Lipinski definition) is 2. The number of anilines is 1. The normalized spacial score (nSPS) is 17.0. The van der Waals surface area contributed by atoms with Crippen molar-refractivity contribution in [3.8, 4) is 0 Å². The van der Waals surface area contributed by atoms with E-state index in [9.17, 15) is 9.59 Å². The van der Waals surface area contributed by atoms with Crippen LogP contribution in [0.25, 0.3) is 10.2 Å². The summed E-state index contributed by atoms with van der Waals surface area (Å²) in [6.45, 7) is 10.00. The average Bonchev–Trinajstić information content (AvgIpc) is 2.96. The molecule has 0 aliphatic carbocycles. The first-order valence-electron chi connectivity index (χ1n) is 9.73. The molecule has 1 saturated heterocycles. The molecule has 1 aliphatic rings. The summed E-state index contributed by atoms with van der Waals surface area (Å²) in [7, 11) is 1.60. The second-order valence-corrected chi connectivity index (χ2v) is 10.2. The molecule has 1 aliphatic heterocycles. The number of carbonyl (C=O) groups excluding carboxylic acids is 2. The lowest BCUT2D eigenvalue weighted by atomic mass is 9.77. The maximum Gasteiger partial charge on any atom is 0.263 e. The van der Waals surface area contributed by atoms with Crippen LogP contribution in [0.4, 0.5) is 5.69 Å². The zero-order valence-corrected chi connectivity index (χ0v) is 18.2. The molecular weight excluding hydrogens is 372 g/mol. The van der Waals surface area contributed by atoms with E-state index in [1.54, 1.807) is 7.05 Å². The number of nitrogens with one attached hydrogen (secondary N) is 1. The minimum Gasteiger partial charge on any atom is -0.397 e. The van der Waals surface area contributed by atoms with Crippen molar-refractivity contribution in [3.05, 3.63) is 22.7 Å². The van der Waals surface area contributed by atoms with Crippen LogP contribution in [0.15, 0.2) is 12.1 Å². The van der Waals surface area contributed by atoms with Crippen molar-refractivity contribution in [1.29, 1.82) is 0 Å². The largest absolute Gasteiger partial charge is 0.397 e. The molecule has 7 heteroatoms. The molecule has 2 aromatic rings.